The molecular formula is C15H21ClN2O4. The van der Waals surface area contributed by atoms with Crippen molar-refractivity contribution in [1.29, 1.82) is 0 Å². The first kappa shape index (κ1) is 18.2. The molecule has 0 fully saturated rings. The van der Waals surface area contributed by atoms with E-state index in [2.05, 4.69) is 10.3 Å². The molecule has 0 bridgehead atoms. The number of Topliss-reactive ketones (excluding diaryl/α,β-unsaturated/α-hetero) is 1. The number of hydrogen-bond donors (Lipinski definition) is 2. The number of carbonyl (C=O) groups excluding carboxylic acids is 2. The van der Waals surface area contributed by atoms with Crippen molar-refractivity contribution in [2.24, 2.45) is 0 Å². The SMILES string of the molecule is CCCNc1nc(O)c(Cl)cc1C(=O)CC(=O)OC(C)(C)C. The van der Waals surface area contributed by atoms with Crippen molar-refractivity contribution in [2.75, 3.05) is 11.9 Å². The first-order valence-electron chi connectivity index (χ1n) is 7.02. The first-order valence-corrected chi connectivity index (χ1v) is 7.40. The largest absolute Gasteiger partial charge is 0.492 e. The zero-order chi connectivity index (χ0) is 16.9. The lowest BCUT2D eigenvalue weighted by molar-refractivity contribution is -0.153. The third-order valence-electron chi connectivity index (χ3n) is 2.53. The lowest BCUT2D eigenvalue weighted by Gasteiger charge is -2.19. The van der Waals surface area contributed by atoms with Gasteiger partial charge in [-0.05, 0) is 33.3 Å². The minimum atomic E-state index is -0.661. The molecule has 6 nitrogen and oxygen atoms in total. The van der Waals surface area contributed by atoms with E-state index in [0.29, 0.717) is 6.54 Å². The molecule has 1 rings (SSSR count). The van der Waals surface area contributed by atoms with Crippen LogP contribution in [-0.4, -0.2) is 34.0 Å². The first-order chi connectivity index (χ1) is 10.1. The number of aromatic hydroxyl groups is 1. The number of rotatable bonds is 6. The third kappa shape index (κ3) is 5.52. The fraction of sp³-hybridized carbons (Fsp3) is 0.533. The fourth-order valence-electron chi connectivity index (χ4n) is 1.67. The highest BCUT2D eigenvalue weighted by Gasteiger charge is 2.23. The van der Waals surface area contributed by atoms with Gasteiger partial charge >= 0.3 is 5.97 Å². The smallest absolute Gasteiger partial charge is 0.314 e. The summed E-state index contributed by atoms with van der Waals surface area (Å²) in [4.78, 5) is 27.9. The number of halogens is 1. The molecule has 0 radical (unpaired) electrons. The van der Waals surface area contributed by atoms with E-state index in [4.69, 9.17) is 16.3 Å². The number of ketones is 1. The van der Waals surface area contributed by atoms with Gasteiger partial charge in [0.2, 0.25) is 5.88 Å². The van der Waals surface area contributed by atoms with Crippen molar-refractivity contribution in [2.45, 2.75) is 46.1 Å². The van der Waals surface area contributed by atoms with Gasteiger partial charge in [0.05, 0.1) is 5.56 Å². The topological polar surface area (TPSA) is 88.5 Å². The van der Waals surface area contributed by atoms with Crippen molar-refractivity contribution in [3.05, 3.63) is 16.7 Å². The second-order valence-electron chi connectivity index (χ2n) is 5.80. The Hall–Kier alpha value is -1.82. The van der Waals surface area contributed by atoms with Crippen molar-refractivity contribution in [3.8, 4) is 5.88 Å². The number of aromatic nitrogens is 1. The number of nitrogens with one attached hydrogen (secondary N) is 1. The van der Waals surface area contributed by atoms with Gasteiger partial charge in [-0.1, -0.05) is 18.5 Å². The number of nitrogens with zero attached hydrogens (tertiary/aromatic N) is 1. The summed E-state index contributed by atoms with van der Waals surface area (Å²) >= 11 is 5.80. The molecule has 22 heavy (non-hydrogen) atoms. The minimum Gasteiger partial charge on any atom is -0.492 e. The predicted octanol–water partition coefficient (Wildman–Crippen LogP) is 3.18. The summed E-state index contributed by atoms with van der Waals surface area (Å²) in [5.74, 6) is -1.25. The second-order valence-corrected chi connectivity index (χ2v) is 6.21. The van der Waals surface area contributed by atoms with Crippen LogP contribution in [0.5, 0.6) is 5.88 Å². The molecule has 0 amide bonds. The van der Waals surface area contributed by atoms with E-state index in [1.54, 1.807) is 20.8 Å². The molecule has 1 heterocycles. The highest BCUT2D eigenvalue weighted by molar-refractivity contribution is 6.32. The van der Waals surface area contributed by atoms with Gasteiger partial charge in [0.25, 0.3) is 0 Å². The third-order valence-corrected chi connectivity index (χ3v) is 2.80. The van der Waals surface area contributed by atoms with Crippen molar-refractivity contribution < 1.29 is 19.4 Å². The van der Waals surface area contributed by atoms with Crippen LogP contribution >= 0.6 is 11.6 Å². The van der Waals surface area contributed by atoms with Crippen LogP contribution in [-0.2, 0) is 9.53 Å². The number of ether oxygens (including phenoxy) is 1. The Labute approximate surface area is 134 Å². The molecule has 0 aromatic carbocycles. The van der Waals surface area contributed by atoms with Gasteiger partial charge in [-0.2, -0.15) is 4.98 Å². The van der Waals surface area contributed by atoms with Crippen molar-refractivity contribution in [3.63, 3.8) is 0 Å². The monoisotopic (exact) mass is 328 g/mol. The molecule has 0 aliphatic heterocycles. The molecular weight excluding hydrogens is 308 g/mol. The van der Waals surface area contributed by atoms with E-state index in [0.717, 1.165) is 6.42 Å². The zero-order valence-electron chi connectivity index (χ0n) is 13.2. The Morgan fingerprint density at radius 1 is 1.41 bits per heavy atom. The molecule has 0 saturated carbocycles. The van der Waals surface area contributed by atoms with E-state index < -0.39 is 23.8 Å². The second kappa shape index (κ2) is 7.45. The summed E-state index contributed by atoms with van der Waals surface area (Å²) in [7, 11) is 0. The van der Waals surface area contributed by atoms with Crippen LogP contribution in [0.3, 0.4) is 0 Å². The van der Waals surface area contributed by atoms with Gasteiger partial charge in [0.1, 0.15) is 22.9 Å². The quantitative estimate of drug-likeness (QED) is 0.473. The molecule has 0 aliphatic carbocycles. The molecule has 0 atom stereocenters. The lowest BCUT2D eigenvalue weighted by Crippen LogP contribution is -2.25. The van der Waals surface area contributed by atoms with Crippen molar-refractivity contribution >= 4 is 29.2 Å². The maximum atomic E-state index is 12.3. The Kier molecular flexibility index (Phi) is 6.17. The fourth-order valence-corrected chi connectivity index (χ4v) is 1.83. The highest BCUT2D eigenvalue weighted by Crippen LogP contribution is 2.27. The molecule has 0 spiro atoms. The minimum absolute atomic E-state index is 0.0467. The Bertz CT molecular complexity index is 567. The number of anilines is 1. The number of hydrogen-bond acceptors (Lipinski definition) is 6. The van der Waals surface area contributed by atoms with Gasteiger partial charge in [0, 0.05) is 6.54 Å². The summed E-state index contributed by atoms with van der Waals surface area (Å²) in [5.41, 5.74) is -0.506. The molecule has 0 unspecified atom stereocenters. The molecule has 1 aromatic heterocycles. The lowest BCUT2D eigenvalue weighted by atomic mass is 10.1. The highest BCUT2D eigenvalue weighted by atomic mass is 35.5. The zero-order valence-corrected chi connectivity index (χ0v) is 14.0. The number of esters is 1. The summed E-state index contributed by atoms with van der Waals surface area (Å²) in [5, 5.41) is 12.4. The molecule has 1 aromatic rings. The molecule has 0 aliphatic rings. The van der Waals surface area contributed by atoms with Gasteiger partial charge in [-0.3, -0.25) is 9.59 Å². The Morgan fingerprint density at radius 3 is 2.59 bits per heavy atom. The van der Waals surface area contributed by atoms with Crippen LogP contribution in [0.2, 0.25) is 5.02 Å². The van der Waals surface area contributed by atoms with E-state index in [9.17, 15) is 14.7 Å². The summed E-state index contributed by atoms with van der Waals surface area (Å²) < 4.78 is 5.12. The molecule has 2 N–H and O–H groups in total. The van der Waals surface area contributed by atoms with Gasteiger partial charge in [-0.25, -0.2) is 0 Å². The average Bonchev–Trinajstić information content (AvgIpc) is 2.37. The van der Waals surface area contributed by atoms with Crippen LogP contribution in [0.4, 0.5) is 5.82 Å². The summed E-state index contributed by atoms with van der Waals surface area (Å²) in [6.45, 7) is 7.69. The van der Waals surface area contributed by atoms with E-state index >= 15 is 0 Å². The Balaban J connectivity index is 2.96. The van der Waals surface area contributed by atoms with Gasteiger partial charge in [-0.15, -0.1) is 0 Å². The van der Waals surface area contributed by atoms with E-state index in [-0.39, 0.29) is 22.3 Å². The van der Waals surface area contributed by atoms with E-state index in [1.165, 1.54) is 6.07 Å². The van der Waals surface area contributed by atoms with Crippen LogP contribution in [0.15, 0.2) is 6.07 Å². The van der Waals surface area contributed by atoms with Crippen LogP contribution < -0.4 is 5.32 Å². The van der Waals surface area contributed by atoms with Crippen molar-refractivity contribution in [1.82, 2.24) is 4.98 Å². The maximum absolute atomic E-state index is 12.3. The van der Waals surface area contributed by atoms with Crippen LogP contribution in [0, 0.1) is 0 Å². The maximum Gasteiger partial charge on any atom is 0.314 e. The molecule has 122 valence electrons. The normalized spacial score (nSPS) is 11.1. The van der Waals surface area contributed by atoms with Gasteiger partial charge in [0.15, 0.2) is 5.78 Å². The van der Waals surface area contributed by atoms with Crippen LogP contribution in [0.25, 0.3) is 0 Å². The summed E-state index contributed by atoms with van der Waals surface area (Å²) in [6, 6.07) is 1.30. The van der Waals surface area contributed by atoms with Crippen LogP contribution in [0.1, 0.15) is 50.9 Å². The average molecular weight is 329 g/mol. The number of carbonyl (C=O) groups is 2. The summed E-state index contributed by atoms with van der Waals surface area (Å²) in [6.07, 6.45) is 0.394. The molecule has 7 heteroatoms. The van der Waals surface area contributed by atoms with E-state index in [1.807, 2.05) is 6.92 Å². The molecule has 0 saturated heterocycles. The standard InChI is InChI=1S/C15H21ClN2O4/c1-5-6-17-13-9(7-10(16)14(21)18-13)11(19)8-12(20)22-15(2,3)4/h7H,5-6,8H2,1-4H3,(H2,17,18,21). The van der Waals surface area contributed by atoms with Gasteiger partial charge < -0.3 is 15.2 Å². The number of pyridine rings is 1. The Morgan fingerprint density at radius 2 is 2.05 bits per heavy atom. The predicted molar refractivity (Wildman–Crippen MR) is 84.5 cm³/mol.